The van der Waals surface area contributed by atoms with Gasteiger partial charge in [0.25, 0.3) is 0 Å². The van der Waals surface area contributed by atoms with Crippen LogP contribution in [0.5, 0.6) is 0 Å². The van der Waals surface area contributed by atoms with Gasteiger partial charge in [-0.3, -0.25) is 14.4 Å². The lowest BCUT2D eigenvalue weighted by atomic mass is 10.0. The predicted octanol–water partition coefficient (Wildman–Crippen LogP) is 5.76. The van der Waals surface area contributed by atoms with Crippen molar-refractivity contribution in [1.29, 1.82) is 0 Å². The molecule has 0 bridgehead atoms. The van der Waals surface area contributed by atoms with Crippen molar-refractivity contribution in [2.24, 2.45) is 0 Å². The van der Waals surface area contributed by atoms with Crippen LogP contribution in [0.3, 0.4) is 0 Å². The molecule has 0 saturated carbocycles. The van der Waals surface area contributed by atoms with Gasteiger partial charge in [0.2, 0.25) is 11.8 Å². The van der Waals surface area contributed by atoms with Crippen molar-refractivity contribution in [3.63, 3.8) is 0 Å². The molecule has 2 aromatic rings. The molecular weight excluding hydrogens is 610 g/mol. The number of amides is 2. The fraction of sp³-hybridized carbons (Fsp3) is 0.423. The van der Waals surface area contributed by atoms with Crippen molar-refractivity contribution in [3.05, 3.63) is 63.1 Å². The molecule has 1 N–H and O–H groups in total. The fourth-order valence-corrected chi connectivity index (χ4v) is 5.18. The average Bonchev–Trinajstić information content (AvgIpc) is 2.87. The Morgan fingerprint density at radius 3 is 2.53 bits per heavy atom. The number of rotatable bonds is 9. The highest BCUT2D eigenvalue weighted by Crippen LogP contribution is 2.33. The number of hydrogen-bond donors (Lipinski definition) is 1. The number of nitrogens with zero attached hydrogens (tertiary/aromatic N) is 2. The van der Waals surface area contributed by atoms with Crippen LogP contribution in [0.25, 0.3) is 0 Å². The predicted molar refractivity (Wildman–Crippen MR) is 145 cm³/mol. The first-order chi connectivity index (χ1) is 17.9. The molecule has 38 heavy (non-hydrogen) atoms. The Morgan fingerprint density at radius 2 is 1.92 bits per heavy atom. The van der Waals surface area contributed by atoms with E-state index in [1.54, 1.807) is 28.0 Å². The summed E-state index contributed by atoms with van der Waals surface area (Å²) >= 11 is 15.6. The van der Waals surface area contributed by atoms with E-state index in [1.165, 1.54) is 6.07 Å². The highest BCUT2D eigenvalue weighted by molar-refractivity contribution is 9.09. The number of benzene rings is 2. The third kappa shape index (κ3) is 7.64. The van der Waals surface area contributed by atoms with Gasteiger partial charge in [0.05, 0.1) is 5.56 Å². The maximum absolute atomic E-state index is 13.7. The van der Waals surface area contributed by atoms with Gasteiger partial charge in [-0.05, 0) is 49.2 Å². The molecule has 1 unspecified atom stereocenters. The SMILES string of the molecule is CC1CN(c2ccc(C(F)(F)F)cc2C=O)CCN1C(=O)[C@@H](Cc1ccc(Cl)cc1Cl)NC(=O)CCCBr. The summed E-state index contributed by atoms with van der Waals surface area (Å²) in [4.78, 5) is 41.2. The smallest absolute Gasteiger partial charge is 0.367 e. The summed E-state index contributed by atoms with van der Waals surface area (Å²) in [5.41, 5.74) is 0.0621. The van der Waals surface area contributed by atoms with Crippen molar-refractivity contribution in [2.75, 3.05) is 29.9 Å². The van der Waals surface area contributed by atoms with Gasteiger partial charge in [-0.2, -0.15) is 13.2 Å². The number of alkyl halides is 4. The first-order valence-corrected chi connectivity index (χ1v) is 13.8. The molecule has 206 valence electrons. The average molecular weight is 637 g/mol. The number of nitrogens with one attached hydrogen (secondary N) is 1. The number of aldehydes is 1. The fourth-order valence-electron chi connectivity index (χ4n) is 4.42. The summed E-state index contributed by atoms with van der Waals surface area (Å²) in [6, 6.07) is 6.78. The van der Waals surface area contributed by atoms with Crippen LogP contribution in [-0.4, -0.2) is 60.0 Å². The molecule has 2 aromatic carbocycles. The van der Waals surface area contributed by atoms with Gasteiger partial charge in [0.15, 0.2) is 6.29 Å². The van der Waals surface area contributed by atoms with Crippen LogP contribution in [-0.2, 0) is 22.2 Å². The summed E-state index contributed by atoms with van der Waals surface area (Å²) < 4.78 is 39.3. The molecule has 0 aliphatic carbocycles. The second kappa shape index (κ2) is 13.2. The van der Waals surface area contributed by atoms with Gasteiger partial charge in [-0.1, -0.05) is 45.2 Å². The van der Waals surface area contributed by atoms with Gasteiger partial charge < -0.3 is 15.1 Å². The monoisotopic (exact) mass is 635 g/mol. The molecule has 1 aliphatic rings. The van der Waals surface area contributed by atoms with Gasteiger partial charge in [-0.25, -0.2) is 0 Å². The molecule has 6 nitrogen and oxygen atoms in total. The van der Waals surface area contributed by atoms with Gasteiger partial charge in [0.1, 0.15) is 6.04 Å². The van der Waals surface area contributed by atoms with E-state index < -0.39 is 17.8 Å². The molecular formula is C26H27BrCl2F3N3O3. The topological polar surface area (TPSA) is 69.7 Å². The van der Waals surface area contributed by atoms with E-state index in [1.807, 2.05) is 6.92 Å². The third-order valence-corrected chi connectivity index (χ3v) is 7.49. The Morgan fingerprint density at radius 1 is 1.18 bits per heavy atom. The number of carbonyl (C=O) groups excluding carboxylic acids is 3. The van der Waals surface area contributed by atoms with E-state index in [-0.39, 0.29) is 42.8 Å². The lowest BCUT2D eigenvalue weighted by Crippen LogP contribution is -2.59. The van der Waals surface area contributed by atoms with Crippen molar-refractivity contribution < 1.29 is 27.6 Å². The Hall–Kier alpha value is -2.30. The number of halogens is 6. The molecule has 3 rings (SSSR count). The summed E-state index contributed by atoms with van der Waals surface area (Å²) in [6.45, 7) is 2.66. The molecule has 1 heterocycles. The first-order valence-electron chi connectivity index (χ1n) is 12.0. The Kier molecular flexibility index (Phi) is 10.5. The van der Waals surface area contributed by atoms with E-state index in [4.69, 9.17) is 23.2 Å². The number of piperazine rings is 1. The zero-order chi connectivity index (χ0) is 28.0. The lowest BCUT2D eigenvalue weighted by molar-refractivity contribution is -0.138. The van der Waals surface area contributed by atoms with Gasteiger partial charge >= 0.3 is 6.18 Å². The third-order valence-electron chi connectivity index (χ3n) is 6.34. The molecule has 1 saturated heterocycles. The van der Waals surface area contributed by atoms with Crippen molar-refractivity contribution in [2.45, 2.75) is 44.4 Å². The minimum Gasteiger partial charge on any atom is -0.367 e. The molecule has 12 heteroatoms. The standard InChI is InChI=1S/C26H27BrCl2F3N3O3/c1-16-14-34(23-7-5-19(26(30,31)32)11-18(23)15-36)9-10-35(16)25(38)22(33-24(37)3-2-8-27)12-17-4-6-20(28)13-21(17)29/h4-7,11,13,15-16,22H,2-3,8-10,12,14H2,1H3,(H,33,37)/t16?,22-/m1/s1. The lowest BCUT2D eigenvalue weighted by Gasteiger charge is -2.42. The quantitative estimate of drug-likeness (QED) is 0.281. The van der Waals surface area contributed by atoms with E-state index in [0.29, 0.717) is 52.4 Å². The summed E-state index contributed by atoms with van der Waals surface area (Å²) in [7, 11) is 0. The summed E-state index contributed by atoms with van der Waals surface area (Å²) in [5.74, 6) is -0.557. The van der Waals surface area contributed by atoms with E-state index in [2.05, 4.69) is 21.2 Å². The highest BCUT2D eigenvalue weighted by atomic mass is 79.9. The Bertz CT molecular complexity index is 1180. The Balaban J connectivity index is 1.79. The summed E-state index contributed by atoms with van der Waals surface area (Å²) in [5, 5.41) is 4.31. The van der Waals surface area contributed by atoms with Crippen LogP contribution >= 0.6 is 39.1 Å². The van der Waals surface area contributed by atoms with Crippen LogP contribution in [0.15, 0.2) is 36.4 Å². The molecule has 0 aromatic heterocycles. The van der Waals surface area contributed by atoms with E-state index in [9.17, 15) is 27.6 Å². The van der Waals surface area contributed by atoms with Crippen molar-refractivity contribution >= 4 is 62.9 Å². The minimum atomic E-state index is -4.56. The van der Waals surface area contributed by atoms with Gasteiger partial charge in [0, 0.05) is 65.1 Å². The van der Waals surface area contributed by atoms with Crippen LogP contribution in [0.2, 0.25) is 10.0 Å². The second-order valence-electron chi connectivity index (χ2n) is 9.07. The van der Waals surface area contributed by atoms with Crippen LogP contribution < -0.4 is 10.2 Å². The Labute approximate surface area is 237 Å². The normalized spacial score (nSPS) is 16.8. The second-order valence-corrected chi connectivity index (χ2v) is 10.7. The zero-order valence-corrected chi connectivity index (χ0v) is 23.6. The molecule has 1 fully saturated rings. The maximum Gasteiger partial charge on any atom is 0.416 e. The molecule has 2 amide bonds. The van der Waals surface area contributed by atoms with Crippen LogP contribution in [0.4, 0.5) is 18.9 Å². The number of hydrogen-bond acceptors (Lipinski definition) is 4. The number of anilines is 1. The highest BCUT2D eigenvalue weighted by Gasteiger charge is 2.35. The van der Waals surface area contributed by atoms with E-state index in [0.717, 1.165) is 12.1 Å². The minimum absolute atomic E-state index is 0.0684. The maximum atomic E-state index is 13.7. The van der Waals surface area contributed by atoms with Crippen molar-refractivity contribution in [1.82, 2.24) is 10.2 Å². The van der Waals surface area contributed by atoms with E-state index >= 15 is 0 Å². The number of carbonyl (C=O) groups is 3. The first kappa shape index (κ1) is 30.2. The summed E-state index contributed by atoms with van der Waals surface area (Å²) in [6.07, 6.45) is -3.14. The zero-order valence-electron chi connectivity index (χ0n) is 20.5. The largest absolute Gasteiger partial charge is 0.416 e. The van der Waals surface area contributed by atoms with Crippen LogP contribution in [0, 0.1) is 0 Å². The molecule has 1 aliphatic heterocycles. The molecule has 0 spiro atoms. The van der Waals surface area contributed by atoms with Crippen molar-refractivity contribution in [3.8, 4) is 0 Å². The molecule has 0 radical (unpaired) electrons. The molecule has 2 atom stereocenters. The van der Waals surface area contributed by atoms with Gasteiger partial charge in [-0.15, -0.1) is 0 Å². The van der Waals surface area contributed by atoms with Crippen LogP contribution in [0.1, 0.15) is 41.3 Å².